The summed E-state index contributed by atoms with van der Waals surface area (Å²) >= 11 is 0. The lowest BCUT2D eigenvalue weighted by atomic mass is 10.0. The number of aldehydes is 1. The minimum atomic E-state index is -0.824. The molecule has 0 fully saturated rings. The van der Waals surface area contributed by atoms with Crippen molar-refractivity contribution >= 4 is 12.3 Å². The standard InChI is InChI=1S/C12H14O4/c1-16-11-6-5-10(8-13)9(7-11)3-2-4-12(14)15/h5-8H,2-4H2,1H3,(H,14,15). The summed E-state index contributed by atoms with van der Waals surface area (Å²) < 4.78 is 5.05. The van der Waals surface area contributed by atoms with E-state index in [-0.39, 0.29) is 6.42 Å². The van der Waals surface area contributed by atoms with E-state index in [0.717, 1.165) is 11.8 Å². The largest absolute Gasteiger partial charge is 0.497 e. The third kappa shape index (κ3) is 3.38. The van der Waals surface area contributed by atoms with Crippen LogP contribution in [0, 0.1) is 0 Å². The number of rotatable bonds is 6. The van der Waals surface area contributed by atoms with Gasteiger partial charge in [0.1, 0.15) is 12.0 Å². The zero-order valence-electron chi connectivity index (χ0n) is 9.10. The zero-order valence-corrected chi connectivity index (χ0v) is 9.10. The summed E-state index contributed by atoms with van der Waals surface area (Å²) in [5.74, 6) is -0.147. The van der Waals surface area contributed by atoms with E-state index < -0.39 is 5.97 Å². The smallest absolute Gasteiger partial charge is 0.303 e. The number of carboxylic acid groups (broad SMARTS) is 1. The van der Waals surface area contributed by atoms with Crippen LogP contribution < -0.4 is 4.74 Å². The molecule has 0 amide bonds. The van der Waals surface area contributed by atoms with Crippen molar-refractivity contribution in [3.05, 3.63) is 29.3 Å². The molecular formula is C12H14O4. The van der Waals surface area contributed by atoms with Crippen molar-refractivity contribution < 1.29 is 19.4 Å². The molecule has 86 valence electrons. The van der Waals surface area contributed by atoms with E-state index in [1.807, 2.05) is 0 Å². The number of carbonyl (C=O) groups excluding carboxylic acids is 1. The van der Waals surface area contributed by atoms with Crippen LogP contribution in [-0.4, -0.2) is 24.5 Å². The van der Waals surface area contributed by atoms with Crippen molar-refractivity contribution in [2.75, 3.05) is 7.11 Å². The first-order chi connectivity index (χ1) is 7.67. The minimum absolute atomic E-state index is 0.107. The first kappa shape index (κ1) is 12.2. The number of hydrogen-bond donors (Lipinski definition) is 1. The molecule has 1 aromatic carbocycles. The minimum Gasteiger partial charge on any atom is -0.497 e. The summed E-state index contributed by atoms with van der Waals surface area (Å²) in [5.41, 5.74) is 1.42. The van der Waals surface area contributed by atoms with Crippen molar-refractivity contribution in [1.82, 2.24) is 0 Å². The van der Waals surface area contributed by atoms with Crippen LogP contribution in [-0.2, 0) is 11.2 Å². The summed E-state index contributed by atoms with van der Waals surface area (Å²) in [4.78, 5) is 21.1. The van der Waals surface area contributed by atoms with E-state index in [4.69, 9.17) is 9.84 Å². The van der Waals surface area contributed by atoms with Gasteiger partial charge in [0.15, 0.2) is 0 Å². The number of carbonyl (C=O) groups is 2. The van der Waals surface area contributed by atoms with Crippen molar-refractivity contribution in [1.29, 1.82) is 0 Å². The maximum atomic E-state index is 10.8. The topological polar surface area (TPSA) is 63.6 Å². The Morgan fingerprint density at radius 2 is 2.25 bits per heavy atom. The van der Waals surface area contributed by atoms with Crippen LogP contribution in [0.3, 0.4) is 0 Å². The van der Waals surface area contributed by atoms with Crippen molar-refractivity contribution in [3.8, 4) is 5.75 Å². The van der Waals surface area contributed by atoms with Crippen LogP contribution in [0.2, 0.25) is 0 Å². The third-order valence-electron chi connectivity index (χ3n) is 2.31. The quantitative estimate of drug-likeness (QED) is 0.747. The van der Waals surface area contributed by atoms with Crippen LogP contribution in [0.25, 0.3) is 0 Å². The molecule has 0 spiro atoms. The van der Waals surface area contributed by atoms with Gasteiger partial charge in [-0.05, 0) is 36.6 Å². The number of carboxylic acids is 1. The molecule has 0 aliphatic carbocycles. The summed E-state index contributed by atoms with van der Waals surface area (Å²) in [6.45, 7) is 0. The number of ether oxygens (including phenoxy) is 1. The van der Waals surface area contributed by atoms with E-state index in [2.05, 4.69) is 0 Å². The predicted molar refractivity (Wildman–Crippen MR) is 59.0 cm³/mol. The second-order valence-electron chi connectivity index (χ2n) is 3.43. The van der Waals surface area contributed by atoms with Gasteiger partial charge in [0.2, 0.25) is 0 Å². The second-order valence-corrected chi connectivity index (χ2v) is 3.43. The van der Waals surface area contributed by atoms with Gasteiger partial charge >= 0.3 is 5.97 Å². The molecule has 0 aliphatic rings. The van der Waals surface area contributed by atoms with Crippen LogP contribution in [0.4, 0.5) is 0 Å². The Hall–Kier alpha value is -1.84. The lowest BCUT2D eigenvalue weighted by Crippen LogP contribution is -1.99. The van der Waals surface area contributed by atoms with Crippen LogP contribution >= 0.6 is 0 Å². The lowest BCUT2D eigenvalue weighted by Gasteiger charge is -2.06. The maximum Gasteiger partial charge on any atom is 0.303 e. The molecule has 0 bridgehead atoms. The van der Waals surface area contributed by atoms with Gasteiger partial charge in [-0.1, -0.05) is 0 Å². The molecule has 0 unspecified atom stereocenters. The Labute approximate surface area is 93.9 Å². The normalized spacial score (nSPS) is 9.81. The van der Waals surface area contributed by atoms with E-state index in [1.165, 1.54) is 0 Å². The van der Waals surface area contributed by atoms with Gasteiger partial charge in [0.25, 0.3) is 0 Å². The van der Waals surface area contributed by atoms with E-state index >= 15 is 0 Å². The number of aliphatic carboxylic acids is 1. The SMILES string of the molecule is COc1ccc(C=O)c(CCCC(=O)O)c1. The van der Waals surface area contributed by atoms with Crippen LogP contribution in [0.15, 0.2) is 18.2 Å². The fraction of sp³-hybridized carbons (Fsp3) is 0.333. The predicted octanol–water partition coefficient (Wildman–Crippen LogP) is 1.92. The molecule has 1 aromatic rings. The summed E-state index contributed by atoms with van der Waals surface area (Å²) in [5, 5.41) is 8.52. The molecule has 4 heteroatoms. The van der Waals surface area contributed by atoms with Gasteiger partial charge in [0, 0.05) is 12.0 Å². The highest BCUT2D eigenvalue weighted by molar-refractivity contribution is 5.77. The van der Waals surface area contributed by atoms with Crippen LogP contribution in [0.1, 0.15) is 28.8 Å². The Morgan fingerprint density at radius 1 is 1.50 bits per heavy atom. The molecule has 4 nitrogen and oxygen atoms in total. The summed E-state index contributed by atoms with van der Waals surface area (Å²) in [6, 6.07) is 5.16. The second kappa shape index (κ2) is 5.90. The molecule has 0 atom stereocenters. The average molecular weight is 222 g/mol. The highest BCUT2D eigenvalue weighted by Crippen LogP contribution is 2.18. The summed E-state index contributed by atoms with van der Waals surface area (Å²) in [7, 11) is 1.55. The van der Waals surface area contributed by atoms with Crippen molar-refractivity contribution in [2.24, 2.45) is 0 Å². The molecule has 0 radical (unpaired) electrons. The van der Waals surface area contributed by atoms with Gasteiger partial charge in [-0.2, -0.15) is 0 Å². The van der Waals surface area contributed by atoms with Crippen LogP contribution in [0.5, 0.6) is 5.75 Å². The Bertz CT molecular complexity index is 385. The molecule has 0 aliphatic heterocycles. The van der Waals surface area contributed by atoms with E-state index in [9.17, 15) is 9.59 Å². The fourth-order valence-electron chi connectivity index (χ4n) is 1.47. The van der Waals surface area contributed by atoms with Gasteiger partial charge in [0.05, 0.1) is 7.11 Å². The Morgan fingerprint density at radius 3 is 2.81 bits per heavy atom. The highest BCUT2D eigenvalue weighted by Gasteiger charge is 2.05. The number of methoxy groups -OCH3 is 1. The molecular weight excluding hydrogens is 208 g/mol. The van der Waals surface area contributed by atoms with Gasteiger partial charge in [-0.15, -0.1) is 0 Å². The first-order valence-electron chi connectivity index (χ1n) is 5.01. The number of benzene rings is 1. The molecule has 16 heavy (non-hydrogen) atoms. The number of aryl methyl sites for hydroxylation is 1. The molecule has 1 N–H and O–H groups in total. The Kier molecular flexibility index (Phi) is 4.51. The van der Waals surface area contributed by atoms with Crippen molar-refractivity contribution in [3.63, 3.8) is 0 Å². The molecule has 1 rings (SSSR count). The zero-order chi connectivity index (χ0) is 12.0. The number of hydrogen-bond acceptors (Lipinski definition) is 3. The molecule has 0 heterocycles. The fourth-order valence-corrected chi connectivity index (χ4v) is 1.47. The van der Waals surface area contributed by atoms with E-state index in [0.29, 0.717) is 24.2 Å². The van der Waals surface area contributed by atoms with Gasteiger partial charge in [-0.25, -0.2) is 0 Å². The molecule has 0 saturated carbocycles. The monoisotopic (exact) mass is 222 g/mol. The van der Waals surface area contributed by atoms with Crippen molar-refractivity contribution in [2.45, 2.75) is 19.3 Å². The van der Waals surface area contributed by atoms with E-state index in [1.54, 1.807) is 25.3 Å². The molecule has 0 aromatic heterocycles. The first-order valence-corrected chi connectivity index (χ1v) is 5.01. The average Bonchev–Trinajstić information content (AvgIpc) is 2.28. The Balaban J connectivity index is 2.75. The van der Waals surface area contributed by atoms with Gasteiger partial charge in [-0.3, -0.25) is 9.59 Å². The summed E-state index contributed by atoms with van der Waals surface area (Å²) in [6.07, 6.45) is 1.96. The maximum absolute atomic E-state index is 10.8. The van der Waals surface area contributed by atoms with Gasteiger partial charge < -0.3 is 9.84 Å². The lowest BCUT2D eigenvalue weighted by molar-refractivity contribution is -0.137. The third-order valence-corrected chi connectivity index (χ3v) is 2.31. The highest BCUT2D eigenvalue weighted by atomic mass is 16.5. The molecule has 0 saturated heterocycles.